The Labute approximate surface area is 151 Å². The van der Waals surface area contributed by atoms with Crippen LogP contribution in [0.15, 0.2) is 18.2 Å². The lowest BCUT2D eigenvalue weighted by Crippen LogP contribution is -2.21. The summed E-state index contributed by atoms with van der Waals surface area (Å²) >= 11 is 0. The molecule has 0 bridgehead atoms. The number of carbonyl (C=O) groups is 1. The zero-order chi connectivity index (χ0) is 19.7. The van der Waals surface area contributed by atoms with Crippen LogP contribution in [-0.2, 0) is 17.9 Å². The van der Waals surface area contributed by atoms with Gasteiger partial charge in [-0.15, -0.1) is 0 Å². The van der Waals surface area contributed by atoms with Gasteiger partial charge in [0.25, 0.3) is 0 Å². The third kappa shape index (κ3) is 10.3. The van der Waals surface area contributed by atoms with Crippen LogP contribution in [0.3, 0.4) is 0 Å². The van der Waals surface area contributed by atoms with Crippen LogP contribution in [0.25, 0.3) is 0 Å². The van der Waals surface area contributed by atoms with Crippen molar-refractivity contribution in [2.45, 2.75) is 95.3 Å². The molecule has 0 spiro atoms. The molecule has 0 aromatic heterocycles. The van der Waals surface area contributed by atoms with Crippen molar-refractivity contribution < 1.29 is 4.79 Å². The molecule has 1 aliphatic heterocycles. The number of anilines is 1. The molecular weight excluding hydrogens is 296 g/mol. The van der Waals surface area contributed by atoms with Gasteiger partial charge in [0.2, 0.25) is 5.91 Å². The number of nitrogens with one attached hydrogen (secondary N) is 1. The average Bonchev–Trinajstić information content (AvgIpc) is 3.05. The van der Waals surface area contributed by atoms with Crippen molar-refractivity contribution in [3.63, 3.8) is 0 Å². The first-order chi connectivity index (χ1) is 11.6. The molecule has 0 unspecified atom stereocenters. The number of hydrogen-bond acceptors (Lipinski definition) is 2. The Bertz CT molecular complexity index is 414. The molecular formula is C21H42N2O. The van der Waals surface area contributed by atoms with Crippen LogP contribution < -0.4 is 5.32 Å². The third-order valence-electron chi connectivity index (χ3n) is 2.83. The molecule has 24 heavy (non-hydrogen) atoms. The van der Waals surface area contributed by atoms with Crippen LogP contribution in [0.5, 0.6) is 0 Å². The van der Waals surface area contributed by atoms with Crippen LogP contribution in [0.1, 0.15) is 87.3 Å². The van der Waals surface area contributed by atoms with Crippen molar-refractivity contribution in [3.05, 3.63) is 29.3 Å². The number of rotatable bonds is 2. The number of carbonyl (C=O) groups excluding carboxylic acids is 1. The number of amides is 1. The topological polar surface area (TPSA) is 32.3 Å². The third-order valence-corrected chi connectivity index (χ3v) is 2.83. The zero-order valence-corrected chi connectivity index (χ0v) is 18.1. The summed E-state index contributed by atoms with van der Waals surface area (Å²) in [5.74, 6) is 0.148. The van der Waals surface area contributed by atoms with E-state index in [0.29, 0.717) is 6.04 Å². The SMILES string of the molecule is CC.CC.CC.CC.CC(=O)N1Cc2ccc(NC(C)C)cc2C1. The van der Waals surface area contributed by atoms with E-state index >= 15 is 0 Å². The molecule has 0 aliphatic carbocycles. The van der Waals surface area contributed by atoms with Crippen LogP contribution in [0, 0.1) is 0 Å². The fraction of sp³-hybridized carbons (Fsp3) is 0.667. The first-order valence-corrected chi connectivity index (χ1v) is 9.70. The molecule has 1 aromatic carbocycles. The molecule has 1 amide bonds. The molecule has 0 saturated carbocycles. The van der Waals surface area contributed by atoms with Gasteiger partial charge in [0, 0.05) is 31.7 Å². The molecule has 0 saturated heterocycles. The van der Waals surface area contributed by atoms with Crippen molar-refractivity contribution in [2.75, 3.05) is 5.32 Å². The summed E-state index contributed by atoms with van der Waals surface area (Å²) in [6.07, 6.45) is 0. The largest absolute Gasteiger partial charge is 0.383 e. The predicted molar refractivity (Wildman–Crippen MR) is 111 cm³/mol. The Morgan fingerprint density at radius 2 is 1.38 bits per heavy atom. The minimum Gasteiger partial charge on any atom is -0.383 e. The fourth-order valence-electron chi connectivity index (χ4n) is 2.04. The molecule has 0 radical (unpaired) electrons. The Morgan fingerprint density at radius 3 is 1.79 bits per heavy atom. The Kier molecular flexibility index (Phi) is 20.3. The van der Waals surface area contributed by atoms with Gasteiger partial charge in [0.1, 0.15) is 0 Å². The van der Waals surface area contributed by atoms with Crippen molar-refractivity contribution in [2.24, 2.45) is 0 Å². The maximum absolute atomic E-state index is 11.3. The second kappa shape index (κ2) is 17.8. The van der Waals surface area contributed by atoms with Gasteiger partial charge in [-0.1, -0.05) is 61.5 Å². The van der Waals surface area contributed by atoms with E-state index < -0.39 is 0 Å². The quantitative estimate of drug-likeness (QED) is 0.670. The number of benzene rings is 1. The normalized spacial score (nSPS) is 10.4. The first kappa shape index (κ1) is 27.3. The molecule has 1 heterocycles. The summed E-state index contributed by atoms with van der Waals surface area (Å²) in [5, 5.41) is 3.38. The Hall–Kier alpha value is -1.51. The van der Waals surface area contributed by atoms with E-state index in [4.69, 9.17) is 0 Å². The summed E-state index contributed by atoms with van der Waals surface area (Å²) in [6.45, 7) is 23.4. The number of hydrogen-bond donors (Lipinski definition) is 1. The van der Waals surface area contributed by atoms with Crippen LogP contribution in [-0.4, -0.2) is 16.8 Å². The predicted octanol–water partition coefficient (Wildman–Crippen LogP) is 6.47. The molecule has 2 rings (SSSR count). The van der Waals surface area contributed by atoms with E-state index in [1.54, 1.807) is 6.92 Å². The van der Waals surface area contributed by atoms with E-state index in [2.05, 4.69) is 37.4 Å². The van der Waals surface area contributed by atoms with Gasteiger partial charge in [-0.3, -0.25) is 4.79 Å². The van der Waals surface area contributed by atoms with Crippen molar-refractivity contribution in [1.82, 2.24) is 4.90 Å². The summed E-state index contributed by atoms with van der Waals surface area (Å²) in [7, 11) is 0. The lowest BCUT2D eigenvalue weighted by atomic mass is 10.1. The van der Waals surface area contributed by atoms with E-state index in [-0.39, 0.29) is 5.91 Å². The fourth-order valence-corrected chi connectivity index (χ4v) is 2.04. The first-order valence-electron chi connectivity index (χ1n) is 9.70. The number of nitrogens with zero attached hydrogens (tertiary/aromatic N) is 1. The Balaban J connectivity index is -0.000000484. The average molecular weight is 339 g/mol. The minimum atomic E-state index is 0.148. The molecule has 1 aromatic rings. The van der Waals surface area contributed by atoms with Crippen LogP contribution in [0.4, 0.5) is 5.69 Å². The lowest BCUT2D eigenvalue weighted by molar-refractivity contribution is -0.129. The smallest absolute Gasteiger partial charge is 0.220 e. The van der Waals surface area contributed by atoms with E-state index in [1.165, 1.54) is 11.1 Å². The molecule has 0 fully saturated rings. The molecule has 0 atom stereocenters. The molecule has 3 heteroatoms. The van der Waals surface area contributed by atoms with Crippen molar-refractivity contribution >= 4 is 11.6 Å². The minimum absolute atomic E-state index is 0.148. The van der Waals surface area contributed by atoms with Gasteiger partial charge < -0.3 is 10.2 Å². The highest BCUT2D eigenvalue weighted by Crippen LogP contribution is 2.25. The van der Waals surface area contributed by atoms with E-state index in [0.717, 1.165) is 18.8 Å². The second-order valence-corrected chi connectivity index (χ2v) is 4.66. The van der Waals surface area contributed by atoms with Crippen molar-refractivity contribution in [1.29, 1.82) is 0 Å². The van der Waals surface area contributed by atoms with E-state index in [1.807, 2.05) is 60.3 Å². The van der Waals surface area contributed by atoms with Crippen molar-refractivity contribution in [3.8, 4) is 0 Å². The van der Waals surface area contributed by atoms with Crippen LogP contribution >= 0.6 is 0 Å². The summed E-state index contributed by atoms with van der Waals surface area (Å²) < 4.78 is 0. The summed E-state index contributed by atoms with van der Waals surface area (Å²) in [6, 6.07) is 6.78. The van der Waals surface area contributed by atoms with Gasteiger partial charge in [0.15, 0.2) is 0 Å². The molecule has 1 N–H and O–H groups in total. The molecule has 1 aliphatic rings. The molecule has 3 nitrogen and oxygen atoms in total. The summed E-state index contributed by atoms with van der Waals surface area (Å²) in [5.41, 5.74) is 3.67. The van der Waals surface area contributed by atoms with Gasteiger partial charge in [0.05, 0.1) is 0 Å². The highest BCUT2D eigenvalue weighted by molar-refractivity contribution is 5.74. The highest BCUT2D eigenvalue weighted by Gasteiger charge is 2.20. The molecule has 142 valence electrons. The van der Waals surface area contributed by atoms with Gasteiger partial charge >= 0.3 is 0 Å². The van der Waals surface area contributed by atoms with Crippen LogP contribution in [0.2, 0.25) is 0 Å². The monoisotopic (exact) mass is 338 g/mol. The maximum atomic E-state index is 11.3. The second-order valence-electron chi connectivity index (χ2n) is 4.66. The highest BCUT2D eigenvalue weighted by atomic mass is 16.2. The standard InChI is InChI=1S/C13H18N2O.4C2H6/c1-9(2)14-13-5-4-11-7-15(10(3)16)8-12(11)6-13;4*1-2/h4-6,9,14H,7-8H2,1-3H3;4*1-2H3. The lowest BCUT2D eigenvalue weighted by Gasteiger charge is -2.11. The van der Waals surface area contributed by atoms with E-state index in [9.17, 15) is 4.79 Å². The van der Waals surface area contributed by atoms with Gasteiger partial charge in [-0.05, 0) is 37.1 Å². The van der Waals surface area contributed by atoms with Gasteiger partial charge in [-0.25, -0.2) is 0 Å². The summed E-state index contributed by atoms with van der Waals surface area (Å²) in [4.78, 5) is 13.2. The number of fused-ring (bicyclic) bond motifs is 1. The maximum Gasteiger partial charge on any atom is 0.220 e. The Morgan fingerprint density at radius 1 is 0.917 bits per heavy atom. The zero-order valence-electron chi connectivity index (χ0n) is 18.1. The van der Waals surface area contributed by atoms with Gasteiger partial charge in [-0.2, -0.15) is 0 Å².